The van der Waals surface area contributed by atoms with Crippen LogP contribution in [0.25, 0.3) is 0 Å². The van der Waals surface area contributed by atoms with Crippen LogP contribution >= 0.6 is 0 Å². The number of phenolic OH excluding ortho intramolecular Hbond substituents is 1. The normalized spacial score (nSPS) is 28.1. The molecule has 44 heavy (non-hydrogen) atoms. The first-order valence-corrected chi connectivity index (χ1v) is 14.5. The summed E-state index contributed by atoms with van der Waals surface area (Å²) in [5, 5.41) is 33.5. The summed E-state index contributed by atoms with van der Waals surface area (Å²) < 4.78 is 5.55. The molecule has 0 radical (unpaired) electrons. The Hall–Kier alpha value is -4.79. The smallest absolute Gasteiger partial charge is 0.261 e. The van der Waals surface area contributed by atoms with Crippen LogP contribution in [0.15, 0.2) is 52.8 Å². The number of aromatic hydroxyl groups is 1. The highest BCUT2D eigenvalue weighted by Gasteiger charge is 2.58. The van der Waals surface area contributed by atoms with Gasteiger partial charge in [0.05, 0.1) is 36.4 Å². The number of ether oxygens (including phenoxy) is 1. The molecule has 2 bridgehead atoms. The second-order valence-corrected chi connectivity index (χ2v) is 12.1. The molecule has 1 saturated heterocycles. The van der Waals surface area contributed by atoms with Crippen molar-refractivity contribution < 1.29 is 34.1 Å². The summed E-state index contributed by atoms with van der Waals surface area (Å²) in [4.78, 5) is 58.7. The first kappa shape index (κ1) is 28.0. The van der Waals surface area contributed by atoms with E-state index >= 15 is 0 Å². The van der Waals surface area contributed by atoms with Crippen LogP contribution in [-0.4, -0.2) is 93.2 Å². The van der Waals surface area contributed by atoms with E-state index in [0.29, 0.717) is 17.7 Å². The Morgan fingerprint density at radius 2 is 1.66 bits per heavy atom. The summed E-state index contributed by atoms with van der Waals surface area (Å²) in [5.41, 5.74) is 2.89. The molecule has 0 unspecified atom stereocenters. The second kappa shape index (κ2) is 9.61. The number of aryl methyl sites for hydroxylation is 1. The van der Waals surface area contributed by atoms with Crippen LogP contribution in [0.5, 0.6) is 11.5 Å². The molecule has 0 spiro atoms. The largest absolute Gasteiger partial charge is 0.507 e. The maximum Gasteiger partial charge on any atom is 0.261 e. The molecule has 0 aromatic heterocycles. The van der Waals surface area contributed by atoms with E-state index in [1.807, 2.05) is 29.8 Å². The Morgan fingerprint density at radius 3 is 2.27 bits per heavy atom. The van der Waals surface area contributed by atoms with Gasteiger partial charge >= 0.3 is 0 Å². The number of carbonyl (C=O) groups is 4. The Balaban J connectivity index is 1.44. The average molecular weight is 595 g/mol. The molecule has 11 heteroatoms. The topological polar surface area (TPSA) is 151 Å². The number of benzene rings is 2. The van der Waals surface area contributed by atoms with Crippen LogP contribution < -0.4 is 4.74 Å². The number of rotatable bonds is 3. The number of Topliss-reactive ketones (excluding diaryl/α,β-unsaturated/α-hetero) is 2. The fourth-order valence-electron chi connectivity index (χ4n) is 8.13. The summed E-state index contributed by atoms with van der Waals surface area (Å²) in [7, 11) is 3.36. The zero-order valence-electron chi connectivity index (χ0n) is 24.6. The van der Waals surface area contributed by atoms with Crippen LogP contribution in [0.2, 0.25) is 0 Å². The first-order chi connectivity index (χ1) is 21.0. The number of imide groups is 1. The third-order valence-corrected chi connectivity index (χ3v) is 10.1. The molecule has 224 valence electrons. The number of nitriles is 1. The molecular weight excluding hydrogens is 564 g/mol. The van der Waals surface area contributed by atoms with E-state index in [1.54, 1.807) is 24.3 Å². The van der Waals surface area contributed by atoms with Gasteiger partial charge in [-0.3, -0.25) is 33.9 Å². The maximum atomic E-state index is 13.7. The van der Waals surface area contributed by atoms with Crippen LogP contribution in [0, 0.1) is 18.3 Å². The van der Waals surface area contributed by atoms with Gasteiger partial charge in [0.2, 0.25) is 11.6 Å². The molecule has 2 amide bonds. The molecule has 4 aliphatic heterocycles. The zero-order valence-corrected chi connectivity index (χ0v) is 24.6. The number of allylic oxidation sites excluding steroid dienone is 2. The van der Waals surface area contributed by atoms with E-state index < -0.39 is 47.5 Å². The standard InChI is InChI=1S/C33H30N4O7/c1-14-9-16-10-20-22(12-34)37-21(26(35(20)3)24(16)30(41)31(14)44-4)11-19-25(29(40)28(39)15(2)27(19)38)23(37)13-36-32(42)17-7-5-6-8-18(17)33(36)43/h5-9,20-23,26,38,41H,10-11,13H2,1-4H3/t20-,21-,22-,23-,26-/m0/s1. The number of nitrogens with zero attached hydrogens (tertiary/aromatic N) is 4. The predicted octanol–water partition coefficient (Wildman–Crippen LogP) is 2.53. The number of hydrogen-bond acceptors (Lipinski definition) is 10. The Bertz CT molecular complexity index is 1800. The number of phenols is 1. The lowest BCUT2D eigenvalue weighted by Gasteiger charge is -2.60. The average Bonchev–Trinajstić information content (AvgIpc) is 3.24. The highest BCUT2D eigenvalue weighted by molar-refractivity contribution is 6.50. The number of hydrogen-bond donors (Lipinski definition) is 2. The van der Waals surface area contributed by atoms with Crippen molar-refractivity contribution in [1.82, 2.24) is 14.7 Å². The van der Waals surface area contributed by atoms with E-state index in [0.717, 1.165) is 16.0 Å². The van der Waals surface area contributed by atoms with Crippen molar-refractivity contribution in [2.24, 2.45) is 0 Å². The number of ketones is 2. The lowest BCUT2D eigenvalue weighted by molar-refractivity contribution is -0.134. The summed E-state index contributed by atoms with van der Waals surface area (Å²) in [6.45, 7) is 2.93. The van der Waals surface area contributed by atoms with Gasteiger partial charge in [-0.2, -0.15) is 5.26 Å². The van der Waals surface area contributed by atoms with E-state index in [1.165, 1.54) is 14.0 Å². The number of carbonyl (C=O) groups excluding carboxylic acids is 4. The second-order valence-electron chi connectivity index (χ2n) is 12.1. The number of aliphatic hydroxyl groups is 1. The zero-order chi connectivity index (χ0) is 31.4. The molecule has 4 heterocycles. The third-order valence-electron chi connectivity index (χ3n) is 10.1. The number of likely N-dealkylation sites (N-methyl/N-ethyl adjacent to an activating group) is 1. The van der Waals surface area contributed by atoms with Gasteiger partial charge in [0.15, 0.2) is 11.5 Å². The number of methoxy groups -OCH3 is 1. The number of aliphatic hydroxyl groups excluding tert-OH is 1. The third kappa shape index (κ3) is 3.49. The van der Waals surface area contributed by atoms with Gasteiger partial charge in [0, 0.05) is 40.9 Å². The van der Waals surface area contributed by atoms with Crippen molar-refractivity contribution in [2.75, 3.05) is 20.7 Å². The molecule has 2 aromatic carbocycles. The van der Waals surface area contributed by atoms with E-state index in [-0.39, 0.29) is 58.4 Å². The van der Waals surface area contributed by atoms with Crippen LogP contribution in [0.1, 0.15) is 56.8 Å². The van der Waals surface area contributed by atoms with Gasteiger partial charge in [-0.15, -0.1) is 0 Å². The molecule has 1 fully saturated rings. The first-order valence-electron chi connectivity index (χ1n) is 14.5. The van der Waals surface area contributed by atoms with E-state index in [9.17, 15) is 34.7 Å². The number of piperazine rings is 1. The Morgan fingerprint density at radius 1 is 1.00 bits per heavy atom. The Labute approximate surface area is 253 Å². The maximum absolute atomic E-state index is 13.7. The van der Waals surface area contributed by atoms with Crippen molar-refractivity contribution in [3.63, 3.8) is 0 Å². The van der Waals surface area contributed by atoms with Crippen molar-refractivity contribution >= 4 is 23.4 Å². The fraction of sp³-hybridized carbons (Fsp3) is 0.364. The van der Waals surface area contributed by atoms with Crippen molar-refractivity contribution in [3.05, 3.63) is 80.6 Å². The summed E-state index contributed by atoms with van der Waals surface area (Å²) in [6, 6.07) is 7.46. The monoisotopic (exact) mass is 594 g/mol. The minimum absolute atomic E-state index is 0.000264. The van der Waals surface area contributed by atoms with Crippen LogP contribution in [0.3, 0.4) is 0 Å². The Kier molecular flexibility index (Phi) is 6.12. The van der Waals surface area contributed by atoms with Gasteiger partial charge in [-0.1, -0.05) is 18.2 Å². The number of fused-ring (bicyclic) bond motifs is 7. The summed E-state index contributed by atoms with van der Waals surface area (Å²) >= 11 is 0. The minimum Gasteiger partial charge on any atom is -0.507 e. The fourth-order valence-corrected chi connectivity index (χ4v) is 8.13. The van der Waals surface area contributed by atoms with Crippen molar-refractivity contribution in [1.29, 1.82) is 5.26 Å². The van der Waals surface area contributed by atoms with Gasteiger partial charge in [0.25, 0.3) is 11.8 Å². The lowest BCUT2D eigenvalue weighted by atomic mass is 9.70. The molecule has 5 aliphatic rings. The highest BCUT2D eigenvalue weighted by atomic mass is 16.5. The van der Waals surface area contributed by atoms with Crippen molar-refractivity contribution in [2.45, 2.75) is 56.9 Å². The highest BCUT2D eigenvalue weighted by Crippen LogP contribution is 2.54. The summed E-state index contributed by atoms with van der Waals surface area (Å²) in [5.74, 6) is -2.75. The predicted molar refractivity (Wildman–Crippen MR) is 155 cm³/mol. The molecule has 0 saturated carbocycles. The van der Waals surface area contributed by atoms with E-state index in [2.05, 4.69) is 6.07 Å². The van der Waals surface area contributed by atoms with Gasteiger partial charge in [-0.05, 0) is 57.0 Å². The quantitative estimate of drug-likeness (QED) is 0.308. The summed E-state index contributed by atoms with van der Waals surface area (Å²) in [6.07, 6.45) is 0.496. The molecule has 1 aliphatic carbocycles. The molecular formula is C33H30N4O7. The minimum atomic E-state index is -1.06. The SMILES string of the molecule is COc1c(C)cc2c(c1O)[C@@H]1[C@@H]3CC4=C(C(=O)C(=O)C(C)=C4O)[C@H](CN4C(=O)c5ccccc5C4=O)N3[C@@H](C#N)[C@H](C2)N1C. The van der Waals surface area contributed by atoms with Gasteiger partial charge < -0.3 is 14.9 Å². The molecule has 11 nitrogen and oxygen atoms in total. The molecule has 2 N–H and O–H groups in total. The van der Waals surface area contributed by atoms with Gasteiger partial charge in [-0.25, -0.2) is 0 Å². The van der Waals surface area contributed by atoms with Crippen LogP contribution in [-0.2, 0) is 16.0 Å². The van der Waals surface area contributed by atoms with Crippen LogP contribution in [0.4, 0.5) is 0 Å². The van der Waals surface area contributed by atoms with Crippen molar-refractivity contribution in [3.8, 4) is 17.6 Å². The van der Waals surface area contributed by atoms with Gasteiger partial charge in [0.1, 0.15) is 11.8 Å². The molecule has 2 aromatic rings. The lowest BCUT2D eigenvalue weighted by Crippen LogP contribution is -2.71. The molecule has 7 rings (SSSR count). The number of amides is 2. The van der Waals surface area contributed by atoms with E-state index in [4.69, 9.17) is 4.74 Å². The molecule has 5 atom stereocenters.